The fraction of sp³-hybridized carbons (Fsp3) is 0.636. The maximum atomic E-state index is 12.8. The van der Waals surface area contributed by atoms with E-state index in [0.717, 1.165) is 38.0 Å². The average molecular weight is 374 g/mol. The number of carbonyl (C=O) groups is 2. The van der Waals surface area contributed by atoms with Gasteiger partial charge in [0, 0.05) is 37.8 Å². The number of benzene rings is 1. The van der Waals surface area contributed by atoms with E-state index in [-0.39, 0.29) is 18.0 Å². The first-order chi connectivity index (χ1) is 12.9. The number of amides is 3. The van der Waals surface area contributed by atoms with Gasteiger partial charge in [-0.15, -0.1) is 0 Å². The van der Waals surface area contributed by atoms with Crippen LogP contribution in [0.25, 0.3) is 0 Å². The summed E-state index contributed by atoms with van der Waals surface area (Å²) in [6.45, 7) is 10.6. The van der Waals surface area contributed by atoms with Crippen LogP contribution in [0.2, 0.25) is 0 Å². The van der Waals surface area contributed by atoms with Crippen molar-refractivity contribution >= 4 is 17.6 Å². The highest BCUT2D eigenvalue weighted by atomic mass is 16.2. The zero-order chi connectivity index (χ0) is 19.8. The van der Waals surface area contributed by atoms with Crippen molar-refractivity contribution in [1.82, 2.24) is 9.80 Å². The lowest BCUT2D eigenvalue weighted by Gasteiger charge is -2.31. The smallest absolute Gasteiger partial charge is 0.322 e. The highest BCUT2D eigenvalue weighted by molar-refractivity contribution is 5.90. The van der Waals surface area contributed by atoms with Gasteiger partial charge in [-0.1, -0.05) is 32.9 Å². The second kappa shape index (κ2) is 10.3. The minimum atomic E-state index is -0.131. The molecule has 1 unspecified atom stereocenters. The highest BCUT2D eigenvalue weighted by Crippen LogP contribution is 2.18. The third kappa shape index (κ3) is 6.26. The van der Waals surface area contributed by atoms with Gasteiger partial charge in [0.15, 0.2) is 0 Å². The van der Waals surface area contributed by atoms with Crippen LogP contribution >= 0.6 is 0 Å². The van der Waals surface area contributed by atoms with Crippen molar-refractivity contribution in [3.05, 3.63) is 29.8 Å². The molecule has 0 bridgehead atoms. The zero-order valence-corrected chi connectivity index (χ0v) is 17.3. The fourth-order valence-electron chi connectivity index (χ4n) is 3.41. The molecule has 1 N–H and O–H groups in total. The van der Waals surface area contributed by atoms with Crippen LogP contribution < -0.4 is 5.32 Å². The van der Waals surface area contributed by atoms with Crippen molar-refractivity contribution < 1.29 is 9.59 Å². The molecule has 5 nitrogen and oxygen atoms in total. The number of nitrogens with zero attached hydrogens (tertiary/aromatic N) is 2. The van der Waals surface area contributed by atoms with E-state index in [1.54, 1.807) is 4.90 Å². The average Bonchev–Trinajstić information content (AvgIpc) is 2.68. The molecule has 5 heteroatoms. The maximum Gasteiger partial charge on any atom is 0.322 e. The number of anilines is 1. The van der Waals surface area contributed by atoms with E-state index in [0.29, 0.717) is 18.9 Å². The molecule has 1 heterocycles. The van der Waals surface area contributed by atoms with E-state index < -0.39 is 0 Å². The molecule has 3 amide bonds. The molecule has 150 valence electrons. The molecule has 1 aromatic carbocycles. The summed E-state index contributed by atoms with van der Waals surface area (Å²) in [5, 5.41) is 2.99. The van der Waals surface area contributed by atoms with Gasteiger partial charge < -0.3 is 15.1 Å². The van der Waals surface area contributed by atoms with E-state index in [1.807, 2.05) is 36.1 Å². The summed E-state index contributed by atoms with van der Waals surface area (Å²) in [4.78, 5) is 29.0. The van der Waals surface area contributed by atoms with Gasteiger partial charge in [0.25, 0.3) is 0 Å². The van der Waals surface area contributed by atoms with Crippen molar-refractivity contribution in [3.63, 3.8) is 0 Å². The van der Waals surface area contributed by atoms with E-state index >= 15 is 0 Å². The van der Waals surface area contributed by atoms with Crippen molar-refractivity contribution in [2.24, 2.45) is 0 Å². The van der Waals surface area contributed by atoms with Gasteiger partial charge in [-0.2, -0.15) is 0 Å². The number of urea groups is 1. The molecule has 0 saturated carbocycles. The summed E-state index contributed by atoms with van der Waals surface area (Å²) in [5.74, 6) is 0.629. The Labute approximate surface area is 164 Å². The lowest BCUT2D eigenvalue weighted by molar-refractivity contribution is -0.132. The van der Waals surface area contributed by atoms with Crippen LogP contribution in [0.3, 0.4) is 0 Å². The van der Waals surface area contributed by atoms with Crippen LogP contribution in [0, 0.1) is 0 Å². The molecule has 0 radical (unpaired) electrons. The maximum absolute atomic E-state index is 12.8. The summed E-state index contributed by atoms with van der Waals surface area (Å²) in [6, 6.07) is 7.95. The normalized spacial score (nSPS) is 15.5. The first-order valence-electron chi connectivity index (χ1n) is 10.4. The number of piperidine rings is 1. The molecular weight excluding hydrogens is 338 g/mol. The molecule has 1 aliphatic rings. The molecule has 2 rings (SSSR count). The third-order valence-electron chi connectivity index (χ3n) is 5.49. The van der Waals surface area contributed by atoms with Gasteiger partial charge in [0.2, 0.25) is 5.91 Å². The van der Waals surface area contributed by atoms with Crippen molar-refractivity contribution in [3.8, 4) is 0 Å². The largest absolute Gasteiger partial charge is 0.343 e. The summed E-state index contributed by atoms with van der Waals surface area (Å²) in [5.41, 5.74) is 2.04. The van der Waals surface area contributed by atoms with Crippen LogP contribution in [0.4, 0.5) is 10.5 Å². The van der Waals surface area contributed by atoms with Gasteiger partial charge in [-0.05, 0) is 56.2 Å². The predicted molar refractivity (Wildman–Crippen MR) is 111 cm³/mol. The van der Waals surface area contributed by atoms with E-state index in [1.165, 1.54) is 12.0 Å². The molecule has 0 spiro atoms. The minimum absolute atomic E-state index is 0.0918. The van der Waals surface area contributed by atoms with Crippen LogP contribution in [0.5, 0.6) is 0 Å². The number of nitrogens with one attached hydrogen (secondary N) is 1. The molecule has 0 aliphatic carbocycles. The summed E-state index contributed by atoms with van der Waals surface area (Å²) in [7, 11) is 0. The van der Waals surface area contributed by atoms with Crippen LogP contribution in [0.1, 0.15) is 71.3 Å². The second-order valence-electron chi connectivity index (χ2n) is 7.85. The van der Waals surface area contributed by atoms with E-state index in [4.69, 9.17) is 0 Å². The Morgan fingerprint density at radius 3 is 2.26 bits per heavy atom. The first-order valence-corrected chi connectivity index (χ1v) is 10.4. The topological polar surface area (TPSA) is 52.7 Å². The fourth-order valence-corrected chi connectivity index (χ4v) is 3.41. The van der Waals surface area contributed by atoms with E-state index in [2.05, 4.69) is 26.1 Å². The van der Waals surface area contributed by atoms with Gasteiger partial charge in [-0.25, -0.2) is 4.79 Å². The van der Waals surface area contributed by atoms with Gasteiger partial charge in [0.1, 0.15) is 0 Å². The highest BCUT2D eigenvalue weighted by Gasteiger charge is 2.22. The number of carbonyl (C=O) groups excluding carboxylic acids is 2. The molecule has 1 fully saturated rings. The lowest BCUT2D eigenvalue weighted by atomic mass is 10.0. The first kappa shape index (κ1) is 21.3. The van der Waals surface area contributed by atoms with Crippen LogP contribution in [0.15, 0.2) is 24.3 Å². The molecule has 1 saturated heterocycles. The number of rotatable bonds is 7. The summed E-state index contributed by atoms with van der Waals surface area (Å²) < 4.78 is 0. The quantitative estimate of drug-likeness (QED) is 0.743. The lowest BCUT2D eigenvalue weighted by Crippen LogP contribution is -2.44. The predicted octanol–water partition coefficient (Wildman–Crippen LogP) is 4.85. The number of hydrogen-bond acceptors (Lipinski definition) is 2. The van der Waals surface area contributed by atoms with Gasteiger partial charge >= 0.3 is 6.03 Å². The number of likely N-dealkylation sites (tertiary alicyclic amines) is 1. The Morgan fingerprint density at radius 1 is 1.07 bits per heavy atom. The molecule has 1 atom stereocenters. The minimum Gasteiger partial charge on any atom is -0.343 e. The Bertz CT molecular complexity index is 606. The number of hydrogen-bond donors (Lipinski definition) is 1. The van der Waals surface area contributed by atoms with Gasteiger partial charge in [0.05, 0.1) is 0 Å². The Morgan fingerprint density at radius 2 is 1.70 bits per heavy atom. The second-order valence-corrected chi connectivity index (χ2v) is 7.85. The molecular formula is C22H35N3O2. The Kier molecular flexibility index (Phi) is 8.14. The van der Waals surface area contributed by atoms with Crippen LogP contribution in [-0.2, 0) is 4.79 Å². The van der Waals surface area contributed by atoms with Crippen molar-refractivity contribution in [2.75, 3.05) is 25.0 Å². The molecule has 0 aromatic heterocycles. The van der Waals surface area contributed by atoms with Gasteiger partial charge in [-0.3, -0.25) is 4.79 Å². The van der Waals surface area contributed by atoms with Crippen molar-refractivity contribution in [1.29, 1.82) is 0 Å². The van der Waals surface area contributed by atoms with E-state index in [9.17, 15) is 9.59 Å². The zero-order valence-electron chi connectivity index (χ0n) is 17.3. The molecule has 1 aliphatic heterocycles. The third-order valence-corrected chi connectivity index (χ3v) is 5.49. The Balaban J connectivity index is 1.95. The Hall–Kier alpha value is -2.04. The summed E-state index contributed by atoms with van der Waals surface area (Å²) in [6.07, 6.45) is 4.64. The molecule has 27 heavy (non-hydrogen) atoms. The SMILES string of the molecule is CCC(C)N(CCC(=O)N1CCCCC1)C(=O)Nc1ccc(C(C)C)cc1. The summed E-state index contributed by atoms with van der Waals surface area (Å²) >= 11 is 0. The van der Waals surface area contributed by atoms with Crippen molar-refractivity contribution in [2.45, 2.75) is 71.8 Å². The van der Waals surface area contributed by atoms with Crippen LogP contribution in [-0.4, -0.2) is 47.4 Å². The molecule has 1 aromatic rings. The standard InChI is InChI=1S/C22H35N3O2/c1-5-18(4)25(16-13-21(26)24-14-7-6-8-15-24)22(27)23-20-11-9-19(10-12-20)17(2)3/h9-12,17-18H,5-8,13-16H2,1-4H3,(H,23,27). The monoisotopic (exact) mass is 373 g/mol.